The molecule has 3 amide bonds. The summed E-state index contributed by atoms with van der Waals surface area (Å²) in [6, 6.07) is 9.80. The lowest BCUT2D eigenvalue weighted by atomic mass is 10.1. The number of carbonyl (C=O) groups excluding carboxylic acids is 3. The molecule has 3 rings (SSSR count). The summed E-state index contributed by atoms with van der Waals surface area (Å²) in [6.45, 7) is -3.03. The fourth-order valence-corrected chi connectivity index (χ4v) is 2.47. The Bertz CT molecular complexity index is 883. The number of fused-ring (bicyclic) bond motifs is 1. The highest BCUT2D eigenvalue weighted by Crippen LogP contribution is 2.27. The van der Waals surface area contributed by atoms with E-state index in [1.807, 2.05) is 0 Å². The summed E-state index contributed by atoms with van der Waals surface area (Å²) in [5.41, 5.74) is 0.512. The van der Waals surface area contributed by atoms with Crippen LogP contribution in [0, 0.1) is 0 Å². The monoisotopic (exact) mass is 346 g/mol. The lowest BCUT2D eigenvalue weighted by Crippen LogP contribution is -2.24. The fraction of sp³-hybridized carbons (Fsp3) is 0.118. The number of ether oxygens (including phenoxy) is 1. The Balaban J connectivity index is 1.87. The summed E-state index contributed by atoms with van der Waals surface area (Å²) < 4.78 is 29.2. The van der Waals surface area contributed by atoms with Crippen molar-refractivity contribution >= 4 is 23.4 Å². The Morgan fingerprint density at radius 2 is 1.76 bits per heavy atom. The van der Waals surface area contributed by atoms with E-state index in [0.717, 1.165) is 4.90 Å². The smallest absolute Gasteiger partial charge is 0.387 e. The maximum atomic E-state index is 12.4. The molecule has 2 aromatic rings. The average molecular weight is 346 g/mol. The zero-order chi connectivity index (χ0) is 18.1. The van der Waals surface area contributed by atoms with E-state index in [4.69, 9.17) is 0 Å². The van der Waals surface area contributed by atoms with Gasteiger partial charge >= 0.3 is 6.61 Å². The van der Waals surface area contributed by atoms with E-state index in [0.29, 0.717) is 0 Å². The van der Waals surface area contributed by atoms with E-state index in [1.165, 1.54) is 43.4 Å². The van der Waals surface area contributed by atoms with Crippen LogP contribution in [0.25, 0.3) is 0 Å². The van der Waals surface area contributed by atoms with E-state index >= 15 is 0 Å². The number of alkyl halides is 2. The highest BCUT2D eigenvalue weighted by atomic mass is 19.3. The molecular formula is C17H12F2N2O4. The van der Waals surface area contributed by atoms with Crippen molar-refractivity contribution in [1.29, 1.82) is 0 Å². The van der Waals surface area contributed by atoms with Gasteiger partial charge in [-0.2, -0.15) is 8.78 Å². The van der Waals surface area contributed by atoms with Crippen LogP contribution < -0.4 is 10.1 Å². The number of amides is 3. The van der Waals surface area contributed by atoms with Gasteiger partial charge in [0.05, 0.1) is 16.8 Å². The molecule has 0 atom stereocenters. The lowest BCUT2D eigenvalue weighted by molar-refractivity contribution is -0.0493. The average Bonchev–Trinajstić information content (AvgIpc) is 2.80. The number of para-hydroxylation sites is 2. The summed E-state index contributed by atoms with van der Waals surface area (Å²) in [5.74, 6) is -1.75. The zero-order valence-electron chi connectivity index (χ0n) is 13.0. The van der Waals surface area contributed by atoms with Crippen molar-refractivity contribution in [1.82, 2.24) is 4.90 Å². The van der Waals surface area contributed by atoms with Gasteiger partial charge in [0, 0.05) is 12.6 Å². The molecule has 1 N–H and O–H groups in total. The number of hydrogen-bond donors (Lipinski definition) is 1. The first-order valence-electron chi connectivity index (χ1n) is 7.20. The van der Waals surface area contributed by atoms with E-state index in [2.05, 4.69) is 10.1 Å². The van der Waals surface area contributed by atoms with E-state index in [1.54, 1.807) is 6.07 Å². The van der Waals surface area contributed by atoms with Crippen LogP contribution in [-0.2, 0) is 0 Å². The van der Waals surface area contributed by atoms with Crippen LogP contribution in [0.15, 0.2) is 42.5 Å². The number of nitrogens with one attached hydrogen (secondary N) is 1. The molecule has 2 aromatic carbocycles. The van der Waals surface area contributed by atoms with Crippen LogP contribution in [-0.4, -0.2) is 36.3 Å². The van der Waals surface area contributed by atoms with Gasteiger partial charge in [0.15, 0.2) is 0 Å². The van der Waals surface area contributed by atoms with Crippen molar-refractivity contribution in [3.8, 4) is 5.75 Å². The second-order valence-electron chi connectivity index (χ2n) is 5.26. The summed E-state index contributed by atoms with van der Waals surface area (Å²) >= 11 is 0. The second-order valence-corrected chi connectivity index (χ2v) is 5.26. The minimum absolute atomic E-state index is 0.0628. The van der Waals surface area contributed by atoms with Gasteiger partial charge in [0.25, 0.3) is 17.7 Å². The van der Waals surface area contributed by atoms with Crippen LogP contribution in [0.4, 0.5) is 14.5 Å². The van der Waals surface area contributed by atoms with Crippen LogP contribution in [0.3, 0.4) is 0 Å². The van der Waals surface area contributed by atoms with Crippen molar-refractivity contribution in [3.63, 3.8) is 0 Å². The fourth-order valence-electron chi connectivity index (χ4n) is 2.47. The summed E-state index contributed by atoms with van der Waals surface area (Å²) in [6.07, 6.45) is 0. The zero-order valence-corrected chi connectivity index (χ0v) is 13.0. The first-order chi connectivity index (χ1) is 11.9. The number of imide groups is 1. The van der Waals surface area contributed by atoms with Crippen molar-refractivity contribution < 1.29 is 27.9 Å². The maximum absolute atomic E-state index is 12.4. The molecule has 0 aromatic heterocycles. The first kappa shape index (κ1) is 16.6. The molecular weight excluding hydrogens is 334 g/mol. The highest BCUT2D eigenvalue weighted by Gasteiger charge is 2.33. The van der Waals surface area contributed by atoms with E-state index < -0.39 is 24.3 Å². The number of halogens is 2. The first-order valence-corrected chi connectivity index (χ1v) is 7.20. The van der Waals surface area contributed by atoms with Crippen LogP contribution >= 0.6 is 0 Å². The topological polar surface area (TPSA) is 75.7 Å². The minimum Gasteiger partial charge on any atom is -0.433 e. The van der Waals surface area contributed by atoms with Crippen molar-refractivity contribution in [2.75, 3.05) is 12.4 Å². The number of benzene rings is 2. The van der Waals surface area contributed by atoms with Crippen LogP contribution in [0.2, 0.25) is 0 Å². The Morgan fingerprint density at radius 1 is 1.08 bits per heavy atom. The molecule has 0 spiro atoms. The van der Waals surface area contributed by atoms with Gasteiger partial charge in [-0.05, 0) is 30.3 Å². The van der Waals surface area contributed by atoms with Gasteiger partial charge in [0.2, 0.25) is 0 Å². The lowest BCUT2D eigenvalue weighted by Gasteiger charge is -2.11. The van der Waals surface area contributed by atoms with E-state index in [-0.39, 0.29) is 28.1 Å². The van der Waals surface area contributed by atoms with Gasteiger partial charge in [-0.3, -0.25) is 19.3 Å². The standard InChI is InChI=1S/C17H12F2N2O4/c1-21-15(23)10-7-6-9(8-11(10)16(21)24)14(22)20-12-4-2-3-5-13(12)25-17(18)19/h2-8,17H,1H3,(H,20,22). The Labute approximate surface area is 141 Å². The molecule has 6 nitrogen and oxygen atoms in total. The molecule has 0 saturated carbocycles. The van der Waals surface area contributed by atoms with Crippen molar-refractivity contribution in [3.05, 3.63) is 59.2 Å². The number of carbonyl (C=O) groups is 3. The Morgan fingerprint density at radius 3 is 2.48 bits per heavy atom. The molecule has 0 saturated heterocycles. The van der Waals surface area contributed by atoms with Gasteiger partial charge in [-0.25, -0.2) is 0 Å². The third-order valence-electron chi connectivity index (χ3n) is 3.70. The predicted molar refractivity (Wildman–Crippen MR) is 83.9 cm³/mol. The molecule has 1 aliphatic heterocycles. The van der Waals surface area contributed by atoms with Gasteiger partial charge in [0.1, 0.15) is 5.75 Å². The molecule has 0 aliphatic carbocycles. The molecule has 8 heteroatoms. The van der Waals surface area contributed by atoms with Gasteiger partial charge in [-0.15, -0.1) is 0 Å². The molecule has 1 heterocycles. The molecule has 25 heavy (non-hydrogen) atoms. The third kappa shape index (κ3) is 3.06. The van der Waals surface area contributed by atoms with Crippen LogP contribution in [0.5, 0.6) is 5.75 Å². The van der Waals surface area contributed by atoms with E-state index in [9.17, 15) is 23.2 Å². The van der Waals surface area contributed by atoms with Crippen LogP contribution in [0.1, 0.15) is 31.1 Å². The molecule has 0 fully saturated rings. The van der Waals surface area contributed by atoms with Crippen molar-refractivity contribution in [2.24, 2.45) is 0 Å². The number of nitrogens with zero attached hydrogens (tertiary/aromatic N) is 1. The van der Waals surface area contributed by atoms with Gasteiger partial charge in [-0.1, -0.05) is 12.1 Å². The summed E-state index contributed by atoms with van der Waals surface area (Å²) in [4.78, 5) is 37.1. The Hall–Kier alpha value is -3.29. The second kappa shape index (κ2) is 6.31. The molecule has 128 valence electrons. The van der Waals surface area contributed by atoms with Crippen molar-refractivity contribution in [2.45, 2.75) is 6.61 Å². The maximum Gasteiger partial charge on any atom is 0.387 e. The minimum atomic E-state index is -3.03. The molecule has 0 unspecified atom stereocenters. The SMILES string of the molecule is CN1C(=O)c2ccc(C(=O)Nc3ccccc3OC(F)F)cc2C1=O. The summed E-state index contributed by atoms with van der Waals surface area (Å²) in [7, 11) is 1.35. The molecule has 0 radical (unpaired) electrons. The summed E-state index contributed by atoms with van der Waals surface area (Å²) in [5, 5.41) is 2.45. The number of anilines is 1. The third-order valence-corrected chi connectivity index (χ3v) is 3.70. The number of rotatable bonds is 4. The van der Waals surface area contributed by atoms with Gasteiger partial charge < -0.3 is 10.1 Å². The highest BCUT2D eigenvalue weighted by molar-refractivity contribution is 6.22. The Kier molecular flexibility index (Phi) is 4.18. The molecule has 0 bridgehead atoms. The number of hydrogen-bond acceptors (Lipinski definition) is 4. The molecule has 1 aliphatic rings. The normalized spacial score (nSPS) is 13.2. The predicted octanol–water partition coefficient (Wildman–Crippen LogP) is 2.77. The quantitative estimate of drug-likeness (QED) is 0.864. The largest absolute Gasteiger partial charge is 0.433 e.